The summed E-state index contributed by atoms with van der Waals surface area (Å²) in [4.78, 5) is 0.260. The monoisotopic (exact) mass is 286 g/mol. The van der Waals surface area contributed by atoms with Crippen molar-refractivity contribution in [2.24, 2.45) is 11.7 Å². The third-order valence-electron chi connectivity index (χ3n) is 3.29. The molecule has 2 N–H and O–H groups in total. The third kappa shape index (κ3) is 3.34. The van der Waals surface area contributed by atoms with Gasteiger partial charge in [0.05, 0.1) is 12.7 Å². The number of hydrogen-bond acceptors (Lipinski definition) is 4. The molecule has 1 heterocycles. The molecule has 108 valence electrons. The Morgan fingerprint density at radius 2 is 2.21 bits per heavy atom. The second-order valence-corrected chi connectivity index (χ2v) is 7.23. The Hall–Kier alpha value is -0.920. The van der Waals surface area contributed by atoms with Crippen molar-refractivity contribution in [3.8, 4) is 0 Å². The summed E-state index contributed by atoms with van der Waals surface area (Å²) < 4.78 is 28.3. The highest BCUT2D eigenvalue weighted by Crippen LogP contribution is 2.32. The summed E-state index contributed by atoms with van der Waals surface area (Å²) in [5.74, 6) is 0.524. The topological polar surface area (TPSA) is 81.2 Å². The molecule has 1 aromatic heterocycles. The molecule has 0 spiro atoms. The van der Waals surface area contributed by atoms with Crippen molar-refractivity contribution in [3.05, 3.63) is 12.4 Å². The van der Waals surface area contributed by atoms with Gasteiger partial charge in [0.1, 0.15) is 4.90 Å². The minimum Gasteiger partial charge on any atom is -0.329 e. The first-order chi connectivity index (χ1) is 8.95. The Morgan fingerprint density at radius 1 is 1.53 bits per heavy atom. The van der Waals surface area contributed by atoms with E-state index >= 15 is 0 Å². The van der Waals surface area contributed by atoms with E-state index in [1.54, 1.807) is 15.2 Å². The Balaban J connectivity index is 2.21. The van der Waals surface area contributed by atoms with Gasteiger partial charge in [-0.15, -0.1) is 0 Å². The molecular formula is C12H22N4O2S. The molecule has 0 aliphatic heterocycles. The van der Waals surface area contributed by atoms with Crippen LogP contribution in [0.5, 0.6) is 0 Å². The first-order valence-electron chi connectivity index (χ1n) is 6.69. The van der Waals surface area contributed by atoms with Crippen LogP contribution in [0.25, 0.3) is 0 Å². The van der Waals surface area contributed by atoms with Gasteiger partial charge in [-0.2, -0.15) is 9.40 Å². The SMILES string of the molecule is CC(C)N(CC1CC1)S(=O)(=O)c1cnn(CCN)c1. The molecule has 0 amide bonds. The maximum atomic E-state index is 12.6. The summed E-state index contributed by atoms with van der Waals surface area (Å²) in [6, 6.07) is -0.0385. The van der Waals surface area contributed by atoms with E-state index in [-0.39, 0.29) is 10.9 Å². The molecule has 1 saturated carbocycles. The van der Waals surface area contributed by atoms with Gasteiger partial charge in [0.15, 0.2) is 0 Å². The van der Waals surface area contributed by atoms with Gasteiger partial charge in [-0.1, -0.05) is 0 Å². The fraction of sp³-hybridized carbons (Fsp3) is 0.750. The second-order valence-electron chi connectivity index (χ2n) is 5.34. The molecule has 7 heteroatoms. The molecule has 1 aliphatic rings. The smallest absolute Gasteiger partial charge is 0.246 e. The zero-order valence-corrected chi connectivity index (χ0v) is 12.3. The predicted molar refractivity (Wildman–Crippen MR) is 73.0 cm³/mol. The minimum atomic E-state index is -3.44. The molecule has 1 aromatic rings. The molecular weight excluding hydrogens is 264 g/mol. The first kappa shape index (κ1) is 14.5. The van der Waals surface area contributed by atoms with Crippen LogP contribution in [0.4, 0.5) is 0 Å². The Bertz CT molecular complexity index is 520. The van der Waals surface area contributed by atoms with Crippen molar-refractivity contribution < 1.29 is 8.42 Å². The van der Waals surface area contributed by atoms with Gasteiger partial charge in [0, 0.05) is 25.3 Å². The lowest BCUT2D eigenvalue weighted by Gasteiger charge is -2.25. The van der Waals surface area contributed by atoms with Crippen LogP contribution in [0.3, 0.4) is 0 Å². The van der Waals surface area contributed by atoms with Gasteiger partial charge in [0.2, 0.25) is 10.0 Å². The van der Waals surface area contributed by atoms with E-state index < -0.39 is 10.0 Å². The van der Waals surface area contributed by atoms with Gasteiger partial charge < -0.3 is 5.73 Å². The van der Waals surface area contributed by atoms with Gasteiger partial charge >= 0.3 is 0 Å². The molecule has 0 radical (unpaired) electrons. The molecule has 19 heavy (non-hydrogen) atoms. The summed E-state index contributed by atoms with van der Waals surface area (Å²) in [7, 11) is -3.44. The van der Waals surface area contributed by atoms with Gasteiger partial charge in [-0.05, 0) is 32.6 Å². The predicted octanol–water partition coefficient (Wildman–Crippen LogP) is 0.651. The largest absolute Gasteiger partial charge is 0.329 e. The lowest BCUT2D eigenvalue weighted by Crippen LogP contribution is -2.38. The van der Waals surface area contributed by atoms with Crippen LogP contribution in [0, 0.1) is 5.92 Å². The summed E-state index contributed by atoms with van der Waals surface area (Å²) >= 11 is 0. The van der Waals surface area contributed by atoms with Crippen molar-refractivity contribution >= 4 is 10.0 Å². The average Bonchev–Trinajstić information content (AvgIpc) is 3.03. The van der Waals surface area contributed by atoms with Gasteiger partial charge in [0.25, 0.3) is 0 Å². The van der Waals surface area contributed by atoms with Gasteiger partial charge in [-0.3, -0.25) is 4.68 Å². The zero-order chi connectivity index (χ0) is 14.0. The maximum Gasteiger partial charge on any atom is 0.246 e. The molecule has 0 aromatic carbocycles. The number of aromatic nitrogens is 2. The zero-order valence-electron chi connectivity index (χ0n) is 11.5. The quantitative estimate of drug-likeness (QED) is 0.798. The van der Waals surface area contributed by atoms with Crippen molar-refractivity contribution in [2.45, 2.75) is 44.2 Å². The highest BCUT2D eigenvalue weighted by molar-refractivity contribution is 7.89. The molecule has 0 saturated heterocycles. The fourth-order valence-electron chi connectivity index (χ4n) is 2.01. The third-order valence-corrected chi connectivity index (χ3v) is 5.28. The summed E-state index contributed by atoms with van der Waals surface area (Å²) in [5.41, 5.74) is 5.44. The van der Waals surface area contributed by atoms with Gasteiger partial charge in [-0.25, -0.2) is 8.42 Å². The van der Waals surface area contributed by atoms with Crippen LogP contribution >= 0.6 is 0 Å². The van der Waals surface area contributed by atoms with Crippen LogP contribution in [-0.4, -0.2) is 41.6 Å². The highest BCUT2D eigenvalue weighted by atomic mass is 32.2. The first-order valence-corrected chi connectivity index (χ1v) is 8.13. The Morgan fingerprint density at radius 3 is 2.74 bits per heavy atom. The van der Waals surface area contributed by atoms with E-state index in [4.69, 9.17) is 5.73 Å². The molecule has 1 fully saturated rings. The number of nitrogens with zero attached hydrogens (tertiary/aromatic N) is 3. The average molecular weight is 286 g/mol. The Labute approximate surface area is 114 Å². The number of hydrogen-bond donors (Lipinski definition) is 1. The van der Waals surface area contributed by atoms with Crippen molar-refractivity contribution in [1.29, 1.82) is 0 Å². The summed E-state index contributed by atoms with van der Waals surface area (Å²) in [6.07, 6.45) is 5.23. The number of nitrogens with two attached hydrogens (primary N) is 1. The standard InChI is InChI=1S/C12H22N4O2S/c1-10(2)16(8-11-3-4-11)19(17,18)12-7-14-15(9-12)6-5-13/h7,9-11H,3-6,8,13H2,1-2H3. The van der Waals surface area contributed by atoms with E-state index in [9.17, 15) is 8.42 Å². The van der Waals surface area contributed by atoms with Crippen LogP contribution in [0.2, 0.25) is 0 Å². The fourth-order valence-corrected chi connectivity index (χ4v) is 3.68. The normalized spacial score (nSPS) is 16.5. The molecule has 0 unspecified atom stereocenters. The number of rotatable bonds is 7. The lowest BCUT2D eigenvalue weighted by atomic mass is 10.3. The molecule has 6 nitrogen and oxygen atoms in total. The van der Waals surface area contributed by atoms with Crippen molar-refractivity contribution in [1.82, 2.24) is 14.1 Å². The maximum absolute atomic E-state index is 12.6. The Kier molecular flexibility index (Phi) is 4.27. The molecule has 0 atom stereocenters. The van der Waals surface area contributed by atoms with E-state index in [0.29, 0.717) is 25.6 Å². The van der Waals surface area contributed by atoms with E-state index in [1.807, 2.05) is 13.8 Å². The van der Waals surface area contributed by atoms with Crippen LogP contribution in [0.1, 0.15) is 26.7 Å². The van der Waals surface area contributed by atoms with E-state index in [2.05, 4.69) is 5.10 Å². The molecule has 2 rings (SSSR count). The van der Waals surface area contributed by atoms with Crippen LogP contribution in [-0.2, 0) is 16.6 Å². The highest BCUT2D eigenvalue weighted by Gasteiger charge is 2.33. The lowest BCUT2D eigenvalue weighted by molar-refractivity contribution is 0.341. The van der Waals surface area contributed by atoms with Crippen LogP contribution in [0.15, 0.2) is 17.3 Å². The molecule has 0 bridgehead atoms. The summed E-state index contributed by atoms with van der Waals surface area (Å²) in [5, 5.41) is 4.04. The minimum absolute atomic E-state index is 0.0385. The van der Waals surface area contributed by atoms with Crippen LogP contribution < -0.4 is 5.73 Å². The second kappa shape index (κ2) is 5.60. The van der Waals surface area contributed by atoms with Crippen molar-refractivity contribution in [3.63, 3.8) is 0 Å². The number of sulfonamides is 1. The summed E-state index contributed by atoms with van der Waals surface area (Å²) in [6.45, 7) is 5.40. The molecule has 1 aliphatic carbocycles. The van der Waals surface area contributed by atoms with E-state index in [1.165, 1.54) is 6.20 Å². The van der Waals surface area contributed by atoms with E-state index in [0.717, 1.165) is 12.8 Å². The van der Waals surface area contributed by atoms with Crippen molar-refractivity contribution in [2.75, 3.05) is 13.1 Å².